The van der Waals surface area contributed by atoms with Crippen molar-refractivity contribution in [3.05, 3.63) is 63.1 Å². The van der Waals surface area contributed by atoms with E-state index in [4.69, 9.17) is 0 Å². The van der Waals surface area contributed by atoms with Crippen LogP contribution in [0, 0.1) is 13.8 Å². The second-order valence-electron chi connectivity index (χ2n) is 5.57. The highest BCUT2D eigenvalue weighted by Gasteiger charge is 2.18. The molecule has 23 heavy (non-hydrogen) atoms. The Hall–Kier alpha value is -2.47. The average molecular weight is 315 g/mol. The summed E-state index contributed by atoms with van der Waals surface area (Å²) in [5.41, 5.74) is 1.81. The molecule has 2 rings (SSSR count). The number of hydrogen-bond donors (Lipinski definition) is 2. The van der Waals surface area contributed by atoms with E-state index in [1.807, 2.05) is 30.3 Å². The lowest BCUT2D eigenvalue weighted by Crippen LogP contribution is -2.38. The Morgan fingerprint density at radius 1 is 1.30 bits per heavy atom. The zero-order chi connectivity index (χ0) is 17.0. The summed E-state index contributed by atoms with van der Waals surface area (Å²) in [7, 11) is 1.51. The van der Waals surface area contributed by atoms with Crippen LogP contribution in [0.25, 0.3) is 0 Å². The fourth-order valence-electron chi connectivity index (χ4n) is 2.37. The molecule has 2 N–H and O–H groups in total. The first-order valence-corrected chi connectivity index (χ1v) is 7.45. The Morgan fingerprint density at radius 2 is 1.96 bits per heavy atom. The van der Waals surface area contributed by atoms with Gasteiger partial charge in [-0.25, -0.2) is 4.68 Å². The van der Waals surface area contributed by atoms with Gasteiger partial charge in [0.05, 0.1) is 11.8 Å². The number of benzene rings is 1. The zero-order valence-corrected chi connectivity index (χ0v) is 13.5. The smallest absolute Gasteiger partial charge is 0.279 e. The number of aryl methyl sites for hydroxylation is 2. The molecule has 1 amide bonds. The fourth-order valence-corrected chi connectivity index (χ4v) is 2.37. The molecule has 6 nitrogen and oxygen atoms in total. The Morgan fingerprint density at radius 3 is 2.61 bits per heavy atom. The molecule has 1 heterocycles. The van der Waals surface area contributed by atoms with Gasteiger partial charge in [0, 0.05) is 20.0 Å². The van der Waals surface area contributed by atoms with Crippen LogP contribution >= 0.6 is 0 Å². The molecule has 1 unspecified atom stereocenters. The number of rotatable bonds is 5. The molecule has 1 aromatic heterocycles. The van der Waals surface area contributed by atoms with Crippen molar-refractivity contribution in [3.63, 3.8) is 0 Å². The van der Waals surface area contributed by atoms with Gasteiger partial charge >= 0.3 is 0 Å². The Bertz CT molecular complexity index is 754. The molecule has 0 saturated carbocycles. The minimum absolute atomic E-state index is 0.0758. The first kappa shape index (κ1) is 16.9. The van der Waals surface area contributed by atoms with Crippen molar-refractivity contribution in [2.75, 3.05) is 6.54 Å². The lowest BCUT2D eigenvalue weighted by atomic mass is 10.1. The highest BCUT2D eigenvalue weighted by Crippen LogP contribution is 2.06. The second kappa shape index (κ2) is 7.19. The topological polar surface area (TPSA) is 84.2 Å². The third-order valence-electron chi connectivity index (χ3n) is 3.76. The number of aliphatic hydroxyl groups excluding tert-OH is 1. The number of carbonyl (C=O) groups excluding carboxylic acids is 1. The maximum atomic E-state index is 12.3. The molecule has 0 aliphatic rings. The summed E-state index contributed by atoms with van der Waals surface area (Å²) in [5, 5.41) is 16.7. The predicted molar refractivity (Wildman–Crippen MR) is 87.4 cm³/mol. The molecule has 0 saturated heterocycles. The first-order chi connectivity index (χ1) is 10.9. The van der Waals surface area contributed by atoms with Gasteiger partial charge < -0.3 is 10.4 Å². The van der Waals surface area contributed by atoms with E-state index in [0.717, 1.165) is 10.2 Å². The van der Waals surface area contributed by atoms with Crippen molar-refractivity contribution in [1.82, 2.24) is 15.1 Å². The molecule has 1 atom stereocenters. The van der Waals surface area contributed by atoms with Crippen LogP contribution in [0.4, 0.5) is 0 Å². The molecule has 1 aromatic carbocycles. The first-order valence-electron chi connectivity index (χ1n) is 7.45. The van der Waals surface area contributed by atoms with E-state index < -0.39 is 17.6 Å². The second-order valence-corrected chi connectivity index (χ2v) is 5.57. The predicted octanol–water partition coefficient (Wildman–Crippen LogP) is 0.731. The third kappa shape index (κ3) is 4.04. The minimum Gasteiger partial charge on any atom is -0.391 e. The van der Waals surface area contributed by atoms with E-state index in [1.54, 1.807) is 13.8 Å². The highest BCUT2D eigenvalue weighted by molar-refractivity contribution is 5.95. The molecule has 0 aliphatic heterocycles. The molecule has 0 spiro atoms. The van der Waals surface area contributed by atoms with Gasteiger partial charge in [-0.2, -0.15) is 5.10 Å². The van der Waals surface area contributed by atoms with Crippen molar-refractivity contribution in [1.29, 1.82) is 0 Å². The lowest BCUT2D eigenvalue weighted by molar-refractivity contribution is 0.0912. The summed E-state index contributed by atoms with van der Waals surface area (Å²) in [6, 6.07) is 9.53. The van der Waals surface area contributed by atoms with Crippen molar-refractivity contribution >= 4 is 5.91 Å². The number of nitrogens with one attached hydrogen (secondary N) is 1. The van der Waals surface area contributed by atoms with E-state index in [2.05, 4.69) is 10.4 Å². The van der Waals surface area contributed by atoms with Crippen LogP contribution in [0.2, 0.25) is 0 Å². The molecule has 0 radical (unpaired) electrons. The number of aromatic nitrogens is 2. The van der Waals surface area contributed by atoms with Crippen LogP contribution < -0.4 is 10.9 Å². The summed E-state index contributed by atoms with van der Waals surface area (Å²) in [6.45, 7) is 3.52. The van der Waals surface area contributed by atoms with Gasteiger partial charge in [0.25, 0.3) is 11.5 Å². The van der Waals surface area contributed by atoms with Crippen LogP contribution in [-0.2, 0) is 13.5 Å². The maximum Gasteiger partial charge on any atom is 0.279 e. The van der Waals surface area contributed by atoms with E-state index in [1.165, 1.54) is 7.05 Å². The molecule has 6 heteroatoms. The molecule has 122 valence electrons. The third-order valence-corrected chi connectivity index (χ3v) is 3.76. The van der Waals surface area contributed by atoms with E-state index in [-0.39, 0.29) is 12.1 Å². The van der Waals surface area contributed by atoms with Gasteiger partial charge in [0.15, 0.2) is 0 Å². The fraction of sp³-hybridized carbons (Fsp3) is 0.353. The summed E-state index contributed by atoms with van der Waals surface area (Å²) < 4.78 is 1.15. The SMILES string of the molecule is Cc1nn(C)c(=O)c(C(=O)NCC(O)Cc2ccccc2)c1C. The standard InChI is InChI=1S/C17H21N3O3/c1-11-12(2)19-20(3)17(23)15(11)16(22)18-10-14(21)9-13-7-5-4-6-8-13/h4-8,14,21H,9-10H2,1-3H3,(H,18,22). The molecular formula is C17H21N3O3. The van der Waals surface area contributed by atoms with Crippen LogP contribution in [-0.4, -0.2) is 33.4 Å². The van der Waals surface area contributed by atoms with Crippen LogP contribution in [0.3, 0.4) is 0 Å². The number of aliphatic hydroxyl groups is 1. The van der Waals surface area contributed by atoms with Gasteiger partial charge in [0.2, 0.25) is 0 Å². The van der Waals surface area contributed by atoms with E-state index in [9.17, 15) is 14.7 Å². The summed E-state index contributed by atoms with van der Waals surface area (Å²) >= 11 is 0. The van der Waals surface area contributed by atoms with E-state index in [0.29, 0.717) is 17.7 Å². The van der Waals surface area contributed by atoms with Crippen LogP contribution in [0.5, 0.6) is 0 Å². The molecule has 0 aliphatic carbocycles. The van der Waals surface area contributed by atoms with Crippen LogP contribution in [0.1, 0.15) is 27.2 Å². The van der Waals surface area contributed by atoms with Gasteiger partial charge in [-0.1, -0.05) is 30.3 Å². The number of nitrogens with zero attached hydrogens (tertiary/aromatic N) is 2. The quantitative estimate of drug-likeness (QED) is 0.852. The van der Waals surface area contributed by atoms with Gasteiger partial charge in [-0.15, -0.1) is 0 Å². The summed E-state index contributed by atoms with van der Waals surface area (Å²) in [4.78, 5) is 24.4. The zero-order valence-electron chi connectivity index (χ0n) is 13.5. The Balaban J connectivity index is 2.04. The Labute approximate surface area is 134 Å². The minimum atomic E-state index is -0.714. The van der Waals surface area contributed by atoms with E-state index >= 15 is 0 Å². The largest absolute Gasteiger partial charge is 0.391 e. The number of hydrogen-bond acceptors (Lipinski definition) is 4. The summed E-state index contributed by atoms with van der Waals surface area (Å²) in [5.74, 6) is -0.485. The van der Waals surface area contributed by atoms with Gasteiger partial charge in [-0.05, 0) is 25.0 Å². The molecule has 2 aromatic rings. The molecular weight excluding hydrogens is 294 g/mol. The Kier molecular flexibility index (Phi) is 5.28. The number of carbonyl (C=O) groups is 1. The maximum absolute atomic E-state index is 12.3. The van der Waals surface area contributed by atoms with Gasteiger partial charge in [-0.3, -0.25) is 9.59 Å². The van der Waals surface area contributed by atoms with Crippen molar-refractivity contribution in [2.24, 2.45) is 7.05 Å². The summed E-state index contributed by atoms with van der Waals surface area (Å²) in [6.07, 6.45) is -0.276. The van der Waals surface area contributed by atoms with Gasteiger partial charge in [0.1, 0.15) is 5.56 Å². The molecule has 0 fully saturated rings. The average Bonchev–Trinajstić information content (AvgIpc) is 2.52. The van der Waals surface area contributed by atoms with Crippen LogP contribution in [0.15, 0.2) is 35.1 Å². The number of amides is 1. The molecule has 0 bridgehead atoms. The monoisotopic (exact) mass is 315 g/mol. The normalized spacial score (nSPS) is 12.0. The van der Waals surface area contributed by atoms with Crippen molar-refractivity contribution in [3.8, 4) is 0 Å². The highest BCUT2D eigenvalue weighted by atomic mass is 16.3. The van der Waals surface area contributed by atoms with Crippen molar-refractivity contribution in [2.45, 2.75) is 26.4 Å². The lowest BCUT2D eigenvalue weighted by Gasteiger charge is -2.13. The van der Waals surface area contributed by atoms with Crippen molar-refractivity contribution < 1.29 is 9.90 Å².